The highest BCUT2D eigenvalue weighted by atomic mass is 35.5. The molecule has 0 saturated heterocycles. The standard InChI is InChI=1S/C41H43ClN4O5/c1-28-33(26-49-36-11-9-30(10-12-36)21-44-13-15-47)5-3-7-37(28)38-8-4-6-34(29(38)2)27-51-41-19-40(35(18-39(41)42)24-45-14-16-48)50-25-32-17-31(20-43)22-46-23-32/h3-12,17-19,22-23,44-45,47-48H,13-16,21,24-27H2,1-2H3. The molecule has 0 bridgehead atoms. The maximum absolute atomic E-state index is 9.25. The van der Waals surface area contributed by atoms with Gasteiger partial charge in [0.2, 0.25) is 0 Å². The van der Waals surface area contributed by atoms with Crippen LogP contribution in [0, 0.1) is 25.2 Å². The smallest absolute Gasteiger partial charge is 0.142 e. The Labute approximate surface area is 304 Å². The number of nitrogens with one attached hydrogen (secondary N) is 2. The topological polar surface area (TPSA) is 129 Å². The molecule has 51 heavy (non-hydrogen) atoms. The van der Waals surface area contributed by atoms with Gasteiger partial charge in [-0.05, 0) is 77.1 Å². The predicted molar refractivity (Wildman–Crippen MR) is 199 cm³/mol. The predicted octanol–water partition coefficient (Wildman–Crippen LogP) is 6.79. The van der Waals surface area contributed by atoms with Gasteiger partial charge in [-0.15, -0.1) is 0 Å². The van der Waals surface area contributed by atoms with Crippen molar-refractivity contribution in [3.8, 4) is 34.4 Å². The van der Waals surface area contributed by atoms with E-state index in [4.69, 9.17) is 30.9 Å². The third-order valence-corrected chi connectivity index (χ3v) is 8.83. The summed E-state index contributed by atoms with van der Waals surface area (Å²) >= 11 is 6.72. The minimum Gasteiger partial charge on any atom is -0.489 e. The monoisotopic (exact) mass is 706 g/mol. The van der Waals surface area contributed by atoms with Crippen LogP contribution in [0.4, 0.5) is 0 Å². The van der Waals surface area contributed by atoms with Crippen molar-refractivity contribution in [1.82, 2.24) is 15.6 Å². The number of hydrogen-bond donors (Lipinski definition) is 4. The van der Waals surface area contributed by atoms with Crippen LogP contribution >= 0.6 is 11.6 Å². The lowest BCUT2D eigenvalue weighted by Gasteiger charge is -2.18. The van der Waals surface area contributed by atoms with Crippen LogP contribution in [-0.4, -0.2) is 41.5 Å². The van der Waals surface area contributed by atoms with Gasteiger partial charge in [0.25, 0.3) is 0 Å². The molecule has 0 spiro atoms. The van der Waals surface area contributed by atoms with E-state index >= 15 is 0 Å². The summed E-state index contributed by atoms with van der Waals surface area (Å²) in [6.07, 6.45) is 3.17. The lowest BCUT2D eigenvalue weighted by atomic mass is 9.92. The Balaban J connectivity index is 1.29. The number of aliphatic hydroxyl groups is 2. The van der Waals surface area contributed by atoms with Crippen LogP contribution < -0.4 is 24.8 Å². The molecule has 0 saturated carbocycles. The molecule has 0 amide bonds. The largest absolute Gasteiger partial charge is 0.489 e. The second-order valence-electron chi connectivity index (χ2n) is 12.1. The summed E-state index contributed by atoms with van der Waals surface area (Å²) in [5.41, 5.74) is 9.78. The van der Waals surface area contributed by atoms with Crippen LogP contribution in [0.2, 0.25) is 5.02 Å². The summed E-state index contributed by atoms with van der Waals surface area (Å²) in [5, 5.41) is 34.3. The molecule has 10 heteroatoms. The van der Waals surface area contributed by atoms with Crippen molar-refractivity contribution in [3.63, 3.8) is 0 Å². The molecule has 4 aromatic carbocycles. The maximum atomic E-state index is 9.25. The van der Waals surface area contributed by atoms with Gasteiger partial charge in [0.15, 0.2) is 0 Å². The van der Waals surface area contributed by atoms with Gasteiger partial charge in [0.05, 0.1) is 23.8 Å². The quantitative estimate of drug-likeness (QED) is 0.0728. The molecule has 0 fully saturated rings. The third-order valence-electron chi connectivity index (χ3n) is 8.54. The zero-order valence-electron chi connectivity index (χ0n) is 28.9. The molecule has 264 valence electrons. The van der Waals surface area contributed by atoms with E-state index < -0.39 is 0 Å². The first-order chi connectivity index (χ1) is 24.9. The molecule has 0 aliphatic carbocycles. The summed E-state index contributed by atoms with van der Waals surface area (Å²) < 4.78 is 18.7. The maximum Gasteiger partial charge on any atom is 0.142 e. The Hall–Kier alpha value is -4.95. The van der Waals surface area contributed by atoms with Crippen LogP contribution in [-0.2, 0) is 32.9 Å². The van der Waals surface area contributed by atoms with Crippen LogP contribution in [0.3, 0.4) is 0 Å². The lowest BCUT2D eigenvalue weighted by molar-refractivity contribution is 0.282. The van der Waals surface area contributed by atoms with E-state index in [1.165, 1.54) is 6.20 Å². The van der Waals surface area contributed by atoms with Gasteiger partial charge >= 0.3 is 0 Å². The minimum atomic E-state index is 0.00809. The molecule has 0 unspecified atom stereocenters. The number of benzene rings is 4. The number of aromatic nitrogens is 1. The van der Waals surface area contributed by atoms with Gasteiger partial charge in [0.1, 0.15) is 43.1 Å². The molecule has 9 nitrogen and oxygen atoms in total. The van der Waals surface area contributed by atoms with E-state index in [2.05, 4.69) is 65.9 Å². The molecular weight excluding hydrogens is 664 g/mol. The molecule has 5 rings (SSSR count). The zero-order chi connectivity index (χ0) is 36.0. The third kappa shape index (κ3) is 10.3. The number of hydrogen-bond acceptors (Lipinski definition) is 9. The van der Waals surface area contributed by atoms with Crippen molar-refractivity contribution in [2.45, 2.75) is 46.8 Å². The van der Waals surface area contributed by atoms with Gasteiger partial charge in [-0.25, -0.2) is 0 Å². The summed E-state index contributed by atoms with van der Waals surface area (Å²) in [7, 11) is 0. The fourth-order valence-corrected chi connectivity index (χ4v) is 5.89. The van der Waals surface area contributed by atoms with Crippen molar-refractivity contribution in [3.05, 3.63) is 141 Å². The van der Waals surface area contributed by atoms with Gasteiger partial charge in [-0.1, -0.05) is 60.1 Å². The minimum absolute atomic E-state index is 0.00809. The van der Waals surface area contributed by atoms with Gasteiger partial charge in [0, 0.05) is 55.8 Å². The highest BCUT2D eigenvalue weighted by Crippen LogP contribution is 2.35. The van der Waals surface area contributed by atoms with E-state index in [1.54, 1.807) is 18.3 Å². The van der Waals surface area contributed by atoms with Crippen LogP contribution in [0.1, 0.15) is 44.5 Å². The number of ether oxygens (including phenoxy) is 3. The molecule has 0 aliphatic rings. The highest BCUT2D eigenvalue weighted by Gasteiger charge is 2.15. The summed E-state index contributed by atoms with van der Waals surface area (Å²) in [5.74, 6) is 1.86. The fraction of sp³-hybridized carbons (Fsp3) is 0.268. The lowest BCUT2D eigenvalue weighted by Crippen LogP contribution is -2.18. The Morgan fingerprint density at radius 2 is 1.31 bits per heavy atom. The van der Waals surface area contributed by atoms with E-state index in [9.17, 15) is 10.4 Å². The average molecular weight is 707 g/mol. The first-order valence-electron chi connectivity index (χ1n) is 16.8. The Bertz CT molecular complexity index is 1940. The number of rotatable bonds is 18. The number of aliphatic hydroxyl groups excluding tert-OH is 2. The SMILES string of the molecule is Cc1c(COc2ccc(CNCCO)cc2)cccc1-c1cccc(COc2cc(OCc3cncc(C#N)c3)c(CNCCO)cc2Cl)c1C. The second kappa shape index (κ2) is 18.9. The van der Waals surface area contributed by atoms with Crippen molar-refractivity contribution < 1.29 is 24.4 Å². The molecule has 1 heterocycles. The molecule has 1 aromatic heterocycles. The molecule has 0 radical (unpaired) electrons. The van der Waals surface area contributed by atoms with Gasteiger partial charge in [-0.2, -0.15) is 5.26 Å². The Kier molecular flexibility index (Phi) is 13.8. The molecular formula is C41H43ClN4O5. The van der Waals surface area contributed by atoms with Crippen LogP contribution in [0.5, 0.6) is 17.2 Å². The number of pyridine rings is 1. The van der Waals surface area contributed by atoms with Crippen molar-refractivity contribution in [2.75, 3.05) is 26.3 Å². The Morgan fingerprint density at radius 3 is 1.96 bits per heavy atom. The summed E-state index contributed by atoms with van der Waals surface area (Å²) in [4.78, 5) is 4.12. The number of halogens is 1. The fourth-order valence-electron chi connectivity index (χ4n) is 5.65. The Morgan fingerprint density at radius 1 is 0.686 bits per heavy atom. The first kappa shape index (κ1) is 37.3. The normalized spacial score (nSPS) is 10.9. The number of nitrogens with zero attached hydrogens (tertiary/aromatic N) is 2. The summed E-state index contributed by atoms with van der Waals surface area (Å²) in [6.45, 7) is 7.41. The molecule has 0 aliphatic heterocycles. The van der Waals surface area contributed by atoms with E-state index in [0.717, 1.165) is 55.8 Å². The van der Waals surface area contributed by atoms with Gasteiger partial charge < -0.3 is 35.1 Å². The van der Waals surface area contributed by atoms with Crippen LogP contribution in [0.25, 0.3) is 11.1 Å². The van der Waals surface area contributed by atoms with Crippen molar-refractivity contribution >= 4 is 11.6 Å². The van der Waals surface area contributed by atoms with E-state index in [1.807, 2.05) is 36.4 Å². The zero-order valence-corrected chi connectivity index (χ0v) is 29.7. The molecule has 0 atom stereocenters. The second-order valence-corrected chi connectivity index (χ2v) is 12.5. The van der Waals surface area contributed by atoms with Crippen molar-refractivity contribution in [2.24, 2.45) is 0 Å². The van der Waals surface area contributed by atoms with Gasteiger partial charge in [-0.3, -0.25) is 4.98 Å². The highest BCUT2D eigenvalue weighted by molar-refractivity contribution is 6.32. The summed E-state index contributed by atoms with van der Waals surface area (Å²) in [6, 6.07) is 27.9. The number of nitriles is 1. The van der Waals surface area contributed by atoms with Crippen LogP contribution in [0.15, 0.2) is 91.3 Å². The van der Waals surface area contributed by atoms with E-state index in [-0.39, 0.29) is 19.8 Å². The van der Waals surface area contributed by atoms with E-state index in [0.29, 0.717) is 61.5 Å². The molecule has 4 N–H and O–H groups in total. The van der Waals surface area contributed by atoms with Crippen molar-refractivity contribution in [1.29, 1.82) is 5.26 Å². The molecule has 5 aromatic rings. The first-order valence-corrected chi connectivity index (χ1v) is 17.2. The average Bonchev–Trinajstić information content (AvgIpc) is 3.15.